The summed E-state index contributed by atoms with van der Waals surface area (Å²) >= 11 is 0. The van der Waals surface area contributed by atoms with E-state index in [1.54, 1.807) is 33.0 Å². The van der Waals surface area contributed by atoms with Crippen molar-refractivity contribution in [2.75, 3.05) is 27.2 Å². The van der Waals surface area contributed by atoms with Crippen LogP contribution in [0.15, 0.2) is 18.2 Å². The van der Waals surface area contributed by atoms with Gasteiger partial charge in [0, 0.05) is 13.6 Å². The smallest absolute Gasteiger partial charge is 0.317 e. The first-order valence-corrected chi connectivity index (χ1v) is 6.76. The molecule has 0 aromatic heterocycles. The van der Waals surface area contributed by atoms with Crippen molar-refractivity contribution in [3.63, 3.8) is 0 Å². The summed E-state index contributed by atoms with van der Waals surface area (Å²) in [6, 6.07) is 4.36. The number of urea groups is 1. The molecule has 0 saturated carbocycles. The highest BCUT2D eigenvalue weighted by atomic mass is 19.1. The van der Waals surface area contributed by atoms with Crippen molar-refractivity contribution in [3.8, 4) is 5.75 Å². The van der Waals surface area contributed by atoms with Gasteiger partial charge in [-0.2, -0.15) is 0 Å². The number of aliphatic hydroxyl groups is 1. The van der Waals surface area contributed by atoms with Gasteiger partial charge in [0.1, 0.15) is 0 Å². The third-order valence-corrected chi connectivity index (χ3v) is 2.88. The third-order valence-electron chi connectivity index (χ3n) is 2.88. The zero-order valence-corrected chi connectivity index (χ0v) is 12.9. The molecule has 1 rings (SSSR count). The number of carbonyl (C=O) groups is 1. The Morgan fingerprint density at radius 2 is 2.14 bits per heavy atom. The van der Waals surface area contributed by atoms with Crippen LogP contribution >= 0.6 is 0 Å². The molecule has 0 fully saturated rings. The quantitative estimate of drug-likeness (QED) is 0.841. The number of methoxy groups -OCH3 is 1. The van der Waals surface area contributed by atoms with Gasteiger partial charge in [0.25, 0.3) is 0 Å². The molecule has 1 aromatic carbocycles. The number of nitrogens with zero attached hydrogens (tertiary/aromatic N) is 1. The van der Waals surface area contributed by atoms with E-state index in [0.717, 1.165) is 5.56 Å². The Bertz CT molecular complexity index is 486. The molecule has 0 radical (unpaired) electrons. The molecule has 0 bridgehead atoms. The maximum atomic E-state index is 13.3. The molecular weight excluding hydrogens is 275 g/mol. The molecule has 5 nitrogen and oxygen atoms in total. The maximum absolute atomic E-state index is 13.3. The van der Waals surface area contributed by atoms with Crippen LogP contribution in [0.5, 0.6) is 5.75 Å². The zero-order chi connectivity index (χ0) is 16.0. The van der Waals surface area contributed by atoms with E-state index in [9.17, 15) is 14.3 Å². The molecule has 0 atom stereocenters. The summed E-state index contributed by atoms with van der Waals surface area (Å²) in [5.74, 6) is -0.215. The van der Waals surface area contributed by atoms with E-state index in [-0.39, 0.29) is 18.3 Å². The van der Waals surface area contributed by atoms with E-state index in [1.165, 1.54) is 18.1 Å². The molecule has 0 aliphatic heterocycles. The van der Waals surface area contributed by atoms with Gasteiger partial charge in [-0.15, -0.1) is 0 Å². The van der Waals surface area contributed by atoms with Crippen molar-refractivity contribution in [2.24, 2.45) is 0 Å². The van der Waals surface area contributed by atoms with E-state index in [0.29, 0.717) is 13.0 Å². The van der Waals surface area contributed by atoms with E-state index in [1.807, 2.05) is 0 Å². The molecule has 0 heterocycles. The van der Waals surface area contributed by atoms with E-state index < -0.39 is 11.4 Å². The largest absolute Gasteiger partial charge is 0.494 e. The zero-order valence-electron chi connectivity index (χ0n) is 12.9. The van der Waals surface area contributed by atoms with Gasteiger partial charge < -0.3 is 20.1 Å². The topological polar surface area (TPSA) is 61.8 Å². The van der Waals surface area contributed by atoms with Crippen LogP contribution in [0, 0.1) is 5.82 Å². The van der Waals surface area contributed by atoms with Crippen molar-refractivity contribution in [1.82, 2.24) is 10.2 Å². The van der Waals surface area contributed by atoms with Crippen LogP contribution in [0.2, 0.25) is 0 Å². The maximum Gasteiger partial charge on any atom is 0.317 e. The highest BCUT2D eigenvalue weighted by Gasteiger charge is 2.18. The van der Waals surface area contributed by atoms with Gasteiger partial charge in [0.15, 0.2) is 11.6 Å². The lowest BCUT2D eigenvalue weighted by Gasteiger charge is -2.25. The van der Waals surface area contributed by atoms with Crippen molar-refractivity contribution in [1.29, 1.82) is 0 Å². The predicted octanol–water partition coefficient (Wildman–Crippen LogP) is 1.79. The number of ether oxygens (including phenoxy) is 1. The van der Waals surface area contributed by atoms with E-state index in [4.69, 9.17) is 4.74 Å². The average molecular weight is 298 g/mol. The van der Waals surface area contributed by atoms with E-state index >= 15 is 0 Å². The first-order valence-electron chi connectivity index (χ1n) is 6.76. The van der Waals surface area contributed by atoms with Crippen LogP contribution in [0.3, 0.4) is 0 Å². The Morgan fingerprint density at radius 3 is 2.71 bits per heavy atom. The molecule has 2 N–H and O–H groups in total. The highest BCUT2D eigenvalue weighted by Crippen LogP contribution is 2.18. The van der Waals surface area contributed by atoms with E-state index in [2.05, 4.69) is 5.32 Å². The van der Waals surface area contributed by atoms with Crippen molar-refractivity contribution in [2.45, 2.75) is 25.9 Å². The summed E-state index contributed by atoms with van der Waals surface area (Å²) in [7, 11) is 3.03. The molecule has 0 saturated heterocycles. The second kappa shape index (κ2) is 7.26. The number of halogens is 1. The van der Waals surface area contributed by atoms with Gasteiger partial charge >= 0.3 is 6.03 Å². The Morgan fingerprint density at radius 1 is 1.48 bits per heavy atom. The Balaban J connectivity index is 2.44. The minimum Gasteiger partial charge on any atom is -0.494 e. The minimum atomic E-state index is -0.934. The molecule has 118 valence electrons. The SMILES string of the molecule is COc1cc(CCNC(=O)N(C)CC(C)(C)O)ccc1F. The van der Waals surface area contributed by atoms with Crippen LogP contribution in [0.4, 0.5) is 9.18 Å². The summed E-state index contributed by atoms with van der Waals surface area (Å²) in [6.45, 7) is 3.94. The number of amides is 2. The lowest BCUT2D eigenvalue weighted by Crippen LogP contribution is -2.45. The fraction of sp³-hybridized carbons (Fsp3) is 0.533. The summed E-state index contributed by atoms with van der Waals surface area (Å²) in [5, 5.41) is 12.4. The van der Waals surface area contributed by atoms with Gasteiger partial charge in [-0.1, -0.05) is 6.07 Å². The van der Waals surface area contributed by atoms with Crippen molar-refractivity contribution in [3.05, 3.63) is 29.6 Å². The van der Waals surface area contributed by atoms with Crippen molar-refractivity contribution >= 4 is 6.03 Å². The van der Waals surface area contributed by atoms with Gasteiger partial charge in [0.05, 0.1) is 19.3 Å². The van der Waals surface area contributed by atoms with Crippen LogP contribution in [0.25, 0.3) is 0 Å². The molecule has 0 unspecified atom stereocenters. The average Bonchev–Trinajstić information content (AvgIpc) is 2.38. The van der Waals surface area contributed by atoms with Crippen LogP contribution in [0.1, 0.15) is 19.4 Å². The second-order valence-corrected chi connectivity index (χ2v) is 5.62. The number of nitrogens with one attached hydrogen (secondary N) is 1. The summed E-state index contributed by atoms with van der Waals surface area (Å²) in [4.78, 5) is 13.2. The number of hydrogen-bond donors (Lipinski definition) is 2. The lowest BCUT2D eigenvalue weighted by molar-refractivity contribution is 0.0532. The minimum absolute atomic E-state index is 0.193. The number of benzene rings is 1. The highest BCUT2D eigenvalue weighted by molar-refractivity contribution is 5.73. The number of carbonyl (C=O) groups excluding carboxylic acids is 1. The number of rotatable bonds is 6. The molecule has 21 heavy (non-hydrogen) atoms. The summed E-state index contributed by atoms with van der Waals surface area (Å²) in [6.07, 6.45) is 0.568. The van der Waals surface area contributed by atoms with Gasteiger partial charge in [-0.05, 0) is 38.0 Å². The molecular formula is C15H23FN2O3. The standard InChI is InChI=1S/C15H23FN2O3/c1-15(2,20)10-18(3)14(19)17-8-7-11-5-6-12(16)13(9-11)21-4/h5-6,9,20H,7-8,10H2,1-4H3,(H,17,19). The van der Waals surface area contributed by atoms with Crippen LogP contribution in [-0.2, 0) is 6.42 Å². The van der Waals surface area contributed by atoms with Crippen molar-refractivity contribution < 1.29 is 19.0 Å². The number of likely N-dealkylation sites (N-methyl/N-ethyl adjacent to an activating group) is 1. The molecule has 0 aliphatic rings. The monoisotopic (exact) mass is 298 g/mol. The first kappa shape index (κ1) is 17.2. The molecule has 1 aromatic rings. The first-order chi connectivity index (χ1) is 9.73. The predicted molar refractivity (Wildman–Crippen MR) is 79.0 cm³/mol. The number of hydrogen-bond acceptors (Lipinski definition) is 3. The van der Waals surface area contributed by atoms with Crippen LogP contribution in [-0.4, -0.2) is 48.9 Å². The second-order valence-electron chi connectivity index (χ2n) is 5.62. The molecule has 0 spiro atoms. The van der Waals surface area contributed by atoms with Crippen LogP contribution < -0.4 is 10.1 Å². The Kier molecular flexibility index (Phi) is 5.96. The fourth-order valence-electron chi connectivity index (χ4n) is 1.96. The fourth-order valence-corrected chi connectivity index (χ4v) is 1.96. The lowest BCUT2D eigenvalue weighted by atomic mass is 10.1. The summed E-state index contributed by atoms with van der Waals surface area (Å²) in [5.41, 5.74) is -0.0603. The van der Waals surface area contributed by atoms with Gasteiger partial charge in [-0.3, -0.25) is 0 Å². The molecule has 2 amide bonds. The normalized spacial score (nSPS) is 11.1. The summed E-state index contributed by atoms with van der Waals surface area (Å²) < 4.78 is 18.2. The van der Waals surface area contributed by atoms with Gasteiger partial charge in [-0.25, -0.2) is 9.18 Å². The third kappa shape index (κ3) is 5.99. The Hall–Kier alpha value is -1.82. The van der Waals surface area contributed by atoms with Gasteiger partial charge in [0.2, 0.25) is 0 Å². The molecule has 6 heteroatoms. The Labute approximate surface area is 124 Å². The molecule has 0 aliphatic carbocycles.